The molecule has 1 fully saturated rings. The van der Waals surface area contributed by atoms with Crippen molar-refractivity contribution < 1.29 is 18.9 Å². The fraction of sp³-hybridized carbons (Fsp3) is 0.600. The third-order valence-corrected chi connectivity index (χ3v) is 1.40. The van der Waals surface area contributed by atoms with Crippen molar-refractivity contribution in [3.8, 4) is 0 Å². The predicted molar refractivity (Wildman–Crippen MR) is 33.1 cm³/mol. The van der Waals surface area contributed by atoms with E-state index in [4.69, 9.17) is 0 Å². The molecule has 0 aromatic heterocycles. The highest BCUT2D eigenvalue weighted by molar-refractivity contribution is 6.31. The van der Waals surface area contributed by atoms with Crippen LogP contribution in [0.15, 0.2) is 0 Å². The summed E-state index contributed by atoms with van der Waals surface area (Å²) in [5.74, 6) is -1.05. The van der Waals surface area contributed by atoms with Gasteiger partial charge in [-0.1, -0.05) is 0 Å². The molecule has 0 aliphatic carbocycles. The normalized spacial score (nSPS) is 22.6. The maximum absolute atomic E-state index is 10.8. The van der Waals surface area contributed by atoms with Crippen LogP contribution in [0.4, 0.5) is 0 Å². The van der Waals surface area contributed by atoms with Crippen molar-refractivity contribution in [1.29, 1.82) is 0 Å². The lowest BCUT2D eigenvalue weighted by atomic mass is 9.92. The summed E-state index contributed by atoms with van der Waals surface area (Å²) in [5.41, 5.74) is -1.13. The van der Waals surface area contributed by atoms with E-state index in [-0.39, 0.29) is 7.69 Å². The van der Waals surface area contributed by atoms with Crippen molar-refractivity contribution >= 4 is 19.6 Å². The highest BCUT2D eigenvalue weighted by Crippen LogP contribution is 2.21. The van der Waals surface area contributed by atoms with Crippen LogP contribution in [0.2, 0.25) is 0 Å². The van der Waals surface area contributed by atoms with E-state index in [1.165, 1.54) is 13.8 Å². The van der Waals surface area contributed by atoms with Crippen molar-refractivity contribution in [2.75, 3.05) is 0 Å². The van der Waals surface area contributed by atoms with Crippen molar-refractivity contribution in [1.82, 2.24) is 0 Å². The largest absolute Gasteiger partial charge is 0.580 e. The molecule has 0 N–H and O–H groups in total. The van der Waals surface area contributed by atoms with Crippen molar-refractivity contribution in [3.63, 3.8) is 0 Å². The van der Waals surface area contributed by atoms with Crippen molar-refractivity contribution in [2.24, 2.45) is 5.41 Å². The molecule has 0 spiro atoms. The molecule has 1 saturated heterocycles. The molecule has 4 nitrogen and oxygen atoms in total. The van der Waals surface area contributed by atoms with E-state index in [1.54, 1.807) is 0 Å². The summed E-state index contributed by atoms with van der Waals surface area (Å²) in [5, 5.41) is 0. The first-order chi connectivity index (χ1) is 4.55. The second-order valence-corrected chi connectivity index (χ2v) is 2.61. The summed E-state index contributed by atoms with van der Waals surface area (Å²) >= 11 is 0. The Morgan fingerprint density at radius 3 is 1.90 bits per heavy atom. The first-order valence-corrected chi connectivity index (χ1v) is 2.89. The minimum absolute atomic E-state index is 0.249. The minimum Gasteiger partial charge on any atom is -0.501 e. The maximum Gasteiger partial charge on any atom is 0.580 e. The van der Waals surface area contributed by atoms with Crippen molar-refractivity contribution in [2.45, 2.75) is 13.8 Å². The van der Waals surface area contributed by atoms with Gasteiger partial charge in [-0.25, -0.2) is 0 Å². The second kappa shape index (κ2) is 2.00. The topological polar surface area (TPSA) is 52.6 Å². The van der Waals surface area contributed by atoms with Gasteiger partial charge in [0.15, 0.2) is 5.41 Å². The zero-order chi connectivity index (χ0) is 7.78. The Balaban J connectivity index is 2.83. The molecule has 0 amide bonds. The molecule has 1 rings (SSSR count). The molecule has 0 atom stereocenters. The lowest BCUT2D eigenvalue weighted by Crippen LogP contribution is -2.43. The molecule has 0 radical (unpaired) electrons. The molecule has 0 saturated carbocycles. The first kappa shape index (κ1) is 7.12. The quantitative estimate of drug-likeness (QED) is 0.334. The van der Waals surface area contributed by atoms with Crippen molar-refractivity contribution in [3.05, 3.63) is 0 Å². The number of rotatable bonds is 0. The lowest BCUT2D eigenvalue weighted by Gasteiger charge is -2.24. The van der Waals surface area contributed by atoms with Gasteiger partial charge < -0.3 is 9.31 Å². The Morgan fingerprint density at radius 2 is 1.60 bits per heavy atom. The van der Waals surface area contributed by atoms with Gasteiger partial charge >= 0.3 is 19.6 Å². The Bertz CT molecular complexity index is 168. The summed E-state index contributed by atoms with van der Waals surface area (Å²) in [6.45, 7) is 2.94. The summed E-state index contributed by atoms with van der Waals surface area (Å²) in [6.07, 6.45) is 0. The van der Waals surface area contributed by atoms with Crippen LogP contribution in [-0.2, 0) is 18.9 Å². The lowest BCUT2D eigenvalue weighted by molar-refractivity contribution is -0.165. The SMILES string of the molecule is CC1(C)C(=O)OBOC1=O. The molecular weight excluding hydrogens is 135 g/mol. The van der Waals surface area contributed by atoms with Gasteiger partial charge in [0.25, 0.3) is 0 Å². The van der Waals surface area contributed by atoms with Gasteiger partial charge in [0.05, 0.1) is 0 Å². The average molecular weight is 142 g/mol. The van der Waals surface area contributed by atoms with E-state index in [1.807, 2.05) is 0 Å². The number of hydrogen-bond acceptors (Lipinski definition) is 4. The van der Waals surface area contributed by atoms with Crippen LogP contribution in [0.5, 0.6) is 0 Å². The Labute approximate surface area is 58.8 Å². The average Bonchev–Trinajstić information content (AvgIpc) is 1.84. The molecular formula is C5H7BO4. The van der Waals surface area contributed by atoms with Crippen LogP contribution in [0.3, 0.4) is 0 Å². The van der Waals surface area contributed by atoms with Gasteiger partial charge in [-0.3, -0.25) is 9.59 Å². The molecule has 1 heterocycles. The van der Waals surface area contributed by atoms with Crippen LogP contribution < -0.4 is 0 Å². The second-order valence-electron chi connectivity index (χ2n) is 2.61. The molecule has 5 heteroatoms. The Morgan fingerprint density at radius 1 is 1.20 bits per heavy atom. The molecule has 0 aromatic rings. The van der Waals surface area contributed by atoms with Crippen LogP contribution >= 0.6 is 0 Å². The number of carbonyl (C=O) groups excluding carboxylic acids is 2. The summed E-state index contributed by atoms with van der Waals surface area (Å²) < 4.78 is 8.96. The van der Waals surface area contributed by atoms with Crippen LogP contribution in [0, 0.1) is 5.41 Å². The smallest absolute Gasteiger partial charge is 0.501 e. The molecule has 0 aromatic carbocycles. The maximum atomic E-state index is 10.8. The molecule has 54 valence electrons. The van der Waals surface area contributed by atoms with Gasteiger partial charge in [0.2, 0.25) is 0 Å². The van der Waals surface area contributed by atoms with E-state index in [9.17, 15) is 9.59 Å². The molecule has 1 aliphatic rings. The monoisotopic (exact) mass is 142 g/mol. The standard InChI is InChI=1S/C5H7BO4/c1-5(2)3(7)9-6-10-4(5)8/h6H,1-2H3. The van der Waals surface area contributed by atoms with E-state index >= 15 is 0 Å². The molecule has 10 heavy (non-hydrogen) atoms. The fourth-order valence-corrected chi connectivity index (χ4v) is 0.581. The summed E-state index contributed by atoms with van der Waals surface area (Å²) in [6, 6.07) is 0. The third kappa shape index (κ3) is 0.874. The first-order valence-electron chi connectivity index (χ1n) is 2.89. The highest BCUT2D eigenvalue weighted by Gasteiger charge is 2.42. The van der Waals surface area contributed by atoms with Gasteiger partial charge in [0.1, 0.15) is 0 Å². The summed E-state index contributed by atoms with van der Waals surface area (Å²) in [4.78, 5) is 21.6. The predicted octanol–water partition coefficient (Wildman–Crippen LogP) is -0.621. The fourth-order valence-electron chi connectivity index (χ4n) is 0.581. The molecule has 1 aliphatic heterocycles. The van der Waals surface area contributed by atoms with Crippen LogP contribution in [0.25, 0.3) is 0 Å². The zero-order valence-electron chi connectivity index (χ0n) is 5.84. The molecule has 0 bridgehead atoms. The van der Waals surface area contributed by atoms with Gasteiger partial charge in [-0.15, -0.1) is 0 Å². The van der Waals surface area contributed by atoms with Gasteiger partial charge in [-0.05, 0) is 13.8 Å². The number of carbonyl (C=O) groups is 2. The van der Waals surface area contributed by atoms with E-state index in [2.05, 4.69) is 9.31 Å². The van der Waals surface area contributed by atoms with E-state index in [0.717, 1.165) is 0 Å². The van der Waals surface area contributed by atoms with E-state index in [0.29, 0.717) is 0 Å². The van der Waals surface area contributed by atoms with Gasteiger partial charge in [-0.2, -0.15) is 0 Å². The highest BCUT2D eigenvalue weighted by atomic mass is 16.6. The molecule has 0 unspecified atom stereocenters. The van der Waals surface area contributed by atoms with Gasteiger partial charge in [0, 0.05) is 0 Å². The Hall–Kier alpha value is -0.995. The Kier molecular flexibility index (Phi) is 1.43. The van der Waals surface area contributed by atoms with Crippen LogP contribution in [-0.4, -0.2) is 19.6 Å². The minimum atomic E-state index is -1.13. The van der Waals surface area contributed by atoms with Crippen LogP contribution in [0.1, 0.15) is 13.8 Å². The third-order valence-electron chi connectivity index (χ3n) is 1.40. The van der Waals surface area contributed by atoms with E-state index < -0.39 is 17.4 Å². The zero-order valence-corrected chi connectivity index (χ0v) is 5.84. The number of hydrogen-bond donors (Lipinski definition) is 0. The summed E-state index contributed by atoms with van der Waals surface area (Å²) in [7, 11) is -0.249.